The molecule has 0 aliphatic heterocycles. The van der Waals surface area contributed by atoms with E-state index in [-0.39, 0.29) is 0 Å². The summed E-state index contributed by atoms with van der Waals surface area (Å²) in [6.07, 6.45) is 2.87. The van der Waals surface area contributed by atoms with E-state index in [1.807, 2.05) is 43.3 Å². The minimum Gasteiger partial charge on any atom is -0.384 e. The van der Waals surface area contributed by atoms with Gasteiger partial charge in [0, 0.05) is 7.05 Å². The van der Waals surface area contributed by atoms with Crippen LogP contribution in [0.25, 0.3) is 5.57 Å². The van der Waals surface area contributed by atoms with Crippen molar-refractivity contribution >= 4 is 5.57 Å². The van der Waals surface area contributed by atoms with Crippen molar-refractivity contribution in [2.45, 2.75) is 13.3 Å². The van der Waals surface area contributed by atoms with E-state index >= 15 is 0 Å². The Morgan fingerprint density at radius 2 is 2.06 bits per heavy atom. The van der Waals surface area contributed by atoms with Crippen LogP contribution in [0, 0.1) is 11.3 Å². The molecule has 0 atom stereocenters. The summed E-state index contributed by atoms with van der Waals surface area (Å²) in [5.41, 5.74) is 8.17. The zero-order valence-corrected chi connectivity index (χ0v) is 10.2. The number of nitrogens with one attached hydrogen (secondary N) is 1. The molecule has 0 aliphatic carbocycles. The lowest BCUT2D eigenvalue weighted by Gasteiger charge is -2.09. The number of nitrogens with two attached hydrogens (primary N) is 1. The molecule has 1 rings (SSSR count). The first-order valence-corrected chi connectivity index (χ1v) is 5.58. The molecule has 3 nitrogen and oxygen atoms in total. The number of nitriles is 1. The summed E-state index contributed by atoms with van der Waals surface area (Å²) >= 11 is 0. The molecule has 17 heavy (non-hydrogen) atoms. The van der Waals surface area contributed by atoms with Gasteiger partial charge in [0.15, 0.2) is 0 Å². The highest BCUT2D eigenvalue weighted by atomic mass is 15.0. The Balaban J connectivity index is 3.30. The topological polar surface area (TPSA) is 61.8 Å². The standard InChI is InChI=1S/C14H17N3/c1-3-7-12(11-8-5-4-6-9-11)13(10-15)14(16)17-2/h4-9,17H,3,16H2,1-2H3/b12-7+,14-13-. The van der Waals surface area contributed by atoms with Gasteiger partial charge in [0.25, 0.3) is 0 Å². The van der Waals surface area contributed by atoms with Crippen molar-refractivity contribution in [3.05, 3.63) is 53.4 Å². The van der Waals surface area contributed by atoms with Crippen LogP contribution in [0.1, 0.15) is 18.9 Å². The van der Waals surface area contributed by atoms with E-state index in [4.69, 9.17) is 5.73 Å². The van der Waals surface area contributed by atoms with E-state index in [9.17, 15) is 5.26 Å². The van der Waals surface area contributed by atoms with Gasteiger partial charge in [-0.3, -0.25) is 0 Å². The maximum absolute atomic E-state index is 9.22. The third-order valence-corrected chi connectivity index (χ3v) is 2.41. The van der Waals surface area contributed by atoms with Gasteiger partial charge in [0.1, 0.15) is 11.9 Å². The Kier molecular flexibility index (Phi) is 4.83. The molecular weight excluding hydrogens is 210 g/mol. The lowest BCUT2D eigenvalue weighted by Crippen LogP contribution is -2.17. The fourth-order valence-corrected chi connectivity index (χ4v) is 1.58. The summed E-state index contributed by atoms with van der Waals surface area (Å²) in [7, 11) is 1.71. The predicted octanol–water partition coefficient (Wildman–Crippen LogP) is 2.39. The Bertz CT molecular complexity index is 464. The van der Waals surface area contributed by atoms with Crippen LogP contribution in [0.4, 0.5) is 0 Å². The van der Waals surface area contributed by atoms with Gasteiger partial charge in [-0.1, -0.05) is 43.3 Å². The summed E-state index contributed by atoms with van der Waals surface area (Å²) < 4.78 is 0. The molecular formula is C14H17N3. The minimum absolute atomic E-state index is 0.399. The molecule has 1 aromatic carbocycles. The van der Waals surface area contributed by atoms with Gasteiger partial charge in [-0.15, -0.1) is 0 Å². The van der Waals surface area contributed by atoms with Crippen LogP contribution in [0.3, 0.4) is 0 Å². The van der Waals surface area contributed by atoms with Crippen molar-refractivity contribution in [2.24, 2.45) is 5.73 Å². The largest absolute Gasteiger partial charge is 0.384 e. The second kappa shape index (κ2) is 6.39. The summed E-state index contributed by atoms with van der Waals surface area (Å²) in [5.74, 6) is 0.399. The van der Waals surface area contributed by atoms with Crippen LogP contribution >= 0.6 is 0 Å². The first-order chi connectivity index (χ1) is 8.24. The lowest BCUT2D eigenvalue weighted by molar-refractivity contribution is 0.955. The molecule has 0 unspecified atom stereocenters. The van der Waals surface area contributed by atoms with E-state index in [2.05, 4.69) is 11.4 Å². The van der Waals surface area contributed by atoms with Gasteiger partial charge in [0.2, 0.25) is 0 Å². The molecule has 0 amide bonds. The van der Waals surface area contributed by atoms with Gasteiger partial charge in [-0.25, -0.2) is 0 Å². The van der Waals surface area contributed by atoms with Crippen LogP contribution in [0.2, 0.25) is 0 Å². The van der Waals surface area contributed by atoms with Crippen LogP contribution in [-0.2, 0) is 0 Å². The van der Waals surface area contributed by atoms with Crippen molar-refractivity contribution in [1.29, 1.82) is 5.26 Å². The molecule has 0 spiro atoms. The molecule has 0 aromatic heterocycles. The highest BCUT2D eigenvalue weighted by Gasteiger charge is 2.10. The highest BCUT2D eigenvalue weighted by molar-refractivity contribution is 5.83. The fraction of sp³-hybridized carbons (Fsp3) is 0.214. The summed E-state index contributed by atoms with van der Waals surface area (Å²) in [5, 5.41) is 12.0. The van der Waals surface area contributed by atoms with Crippen molar-refractivity contribution < 1.29 is 0 Å². The Morgan fingerprint density at radius 1 is 1.41 bits per heavy atom. The second-order valence-electron chi connectivity index (χ2n) is 3.54. The van der Waals surface area contributed by atoms with Crippen LogP contribution in [0.5, 0.6) is 0 Å². The van der Waals surface area contributed by atoms with Crippen LogP contribution < -0.4 is 11.1 Å². The Hall–Kier alpha value is -2.21. The first kappa shape index (κ1) is 12.9. The maximum Gasteiger partial charge on any atom is 0.115 e. The molecule has 0 aliphatic rings. The van der Waals surface area contributed by atoms with Crippen molar-refractivity contribution in [2.75, 3.05) is 7.05 Å². The number of benzene rings is 1. The number of hydrogen-bond acceptors (Lipinski definition) is 3. The Labute approximate surface area is 102 Å². The van der Waals surface area contributed by atoms with Crippen LogP contribution in [-0.4, -0.2) is 7.05 Å². The average Bonchev–Trinajstić information content (AvgIpc) is 2.39. The SMILES string of the molecule is CC/C=C(/C(C#N)=C(/N)NC)c1ccccc1. The van der Waals surface area contributed by atoms with E-state index < -0.39 is 0 Å². The number of allylic oxidation sites excluding steroid dienone is 3. The quantitative estimate of drug-likeness (QED) is 0.613. The highest BCUT2D eigenvalue weighted by Crippen LogP contribution is 2.23. The van der Waals surface area contributed by atoms with Gasteiger partial charge >= 0.3 is 0 Å². The maximum atomic E-state index is 9.22. The third kappa shape index (κ3) is 3.12. The molecule has 1 aromatic rings. The molecule has 0 bridgehead atoms. The molecule has 3 N–H and O–H groups in total. The number of hydrogen-bond donors (Lipinski definition) is 2. The summed E-state index contributed by atoms with van der Waals surface area (Å²) in [6.45, 7) is 2.04. The van der Waals surface area contributed by atoms with E-state index in [1.165, 1.54) is 0 Å². The van der Waals surface area contributed by atoms with Crippen molar-refractivity contribution in [3.8, 4) is 6.07 Å². The fourth-order valence-electron chi connectivity index (χ4n) is 1.58. The molecule has 3 heteroatoms. The summed E-state index contributed by atoms with van der Waals surface area (Å²) in [4.78, 5) is 0. The molecule has 0 saturated carbocycles. The summed E-state index contributed by atoms with van der Waals surface area (Å²) in [6, 6.07) is 12.0. The smallest absolute Gasteiger partial charge is 0.115 e. The first-order valence-electron chi connectivity index (χ1n) is 5.58. The van der Waals surface area contributed by atoms with Gasteiger partial charge < -0.3 is 11.1 Å². The van der Waals surface area contributed by atoms with E-state index in [1.54, 1.807) is 7.05 Å². The van der Waals surface area contributed by atoms with Gasteiger partial charge in [0.05, 0.1) is 5.57 Å². The van der Waals surface area contributed by atoms with E-state index in [0.717, 1.165) is 17.6 Å². The predicted molar refractivity (Wildman–Crippen MR) is 70.6 cm³/mol. The van der Waals surface area contributed by atoms with Gasteiger partial charge in [-0.05, 0) is 17.6 Å². The normalized spacial score (nSPS) is 12.6. The average molecular weight is 227 g/mol. The molecule has 88 valence electrons. The lowest BCUT2D eigenvalue weighted by atomic mass is 9.97. The zero-order valence-electron chi connectivity index (χ0n) is 10.2. The Morgan fingerprint density at radius 3 is 2.53 bits per heavy atom. The molecule has 0 saturated heterocycles. The minimum atomic E-state index is 0.399. The third-order valence-electron chi connectivity index (χ3n) is 2.41. The number of rotatable bonds is 4. The second-order valence-corrected chi connectivity index (χ2v) is 3.54. The zero-order chi connectivity index (χ0) is 12.7. The molecule has 0 radical (unpaired) electrons. The van der Waals surface area contributed by atoms with Crippen molar-refractivity contribution in [3.63, 3.8) is 0 Å². The molecule has 0 heterocycles. The molecule has 0 fully saturated rings. The van der Waals surface area contributed by atoms with Crippen LogP contribution in [0.15, 0.2) is 47.8 Å². The number of nitrogens with zero attached hydrogens (tertiary/aromatic N) is 1. The van der Waals surface area contributed by atoms with Crippen molar-refractivity contribution in [1.82, 2.24) is 5.32 Å². The van der Waals surface area contributed by atoms with Gasteiger partial charge in [-0.2, -0.15) is 5.26 Å². The monoisotopic (exact) mass is 227 g/mol. The van der Waals surface area contributed by atoms with E-state index in [0.29, 0.717) is 11.4 Å².